The fourth-order valence-corrected chi connectivity index (χ4v) is 2.76. The third-order valence-corrected chi connectivity index (χ3v) is 4.03. The zero-order valence-electron chi connectivity index (χ0n) is 12.8. The number of hydrogen-bond donors (Lipinski definition) is 2. The largest absolute Gasteiger partial charge is 0.352 e. The van der Waals surface area contributed by atoms with Crippen molar-refractivity contribution in [1.82, 2.24) is 25.2 Å². The van der Waals surface area contributed by atoms with Crippen molar-refractivity contribution in [2.75, 3.05) is 7.05 Å². The number of aromatic nitrogens is 3. The number of aliphatic imine (C=N–C) groups is 1. The summed E-state index contributed by atoms with van der Waals surface area (Å²) in [5, 5.41) is 10.8. The van der Waals surface area contributed by atoms with Gasteiger partial charge in [-0.1, -0.05) is 0 Å². The molecule has 7 heteroatoms. The Morgan fingerprint density at radius 1 is 1.22 bits per heavy atom. The van der Waals surface area contributed by atoms with Crippen molar-refractivity contribution >= 4 is 17.3 Å². The molecule has 0 radical (unpaired) electrons. The SMILES string of the molecule is CN=C(NCc1ccsc1)NCc1ccnc(-n2ccnc2)c1. The minimum atomic E-state index is 0.674. The Morgan fingerprint density at radius 2 is 2.09 bits per heavy atom. The lowest BCUT2D eigenvalue weighted by atomic mass is 10.2. The summed E-state index contributed by atoms with van der Waals surface area (Å²) in [5.74, 6) is 1.63. The molecule has 3 rings (SSSR count). The van der Waals surface area contributed by atoms with Gasteiger partial charge in [0.25, 0.3) is 0 Å². The summed E-state index contributed by atoms with van der Waals surface area (Å²) < 4.78 is 1.88. The van der Waals surface area contributed by atoms with Gasteiger partial charge in [-0.05, 0) is 40.1 Å². The van der Waals surface area contributed by atoms with Gasteiger partial charge in [-0.3, -0.25) is 9.56 Å². The molecule has 0 aliphatic carbocycles. The Kier molecular flexibility index (Phi) is 5.00. The molecule has 0 atom stereocenters. The van der Waals surface area contributed by atoms with Crippen LogP contribution in [0.1, 0.15) is 11.1 Å². The molecular formula is C16H18N6S. The van der Waals surface area contributed by atoms with E-state index in [1.807, 2.05) is 22.9 Å². The zero-order chi connectivity index (χ0) is 15.9. The van der Waals surface area contributed by atoms with Gasteiger partial charge in [-0.15, -0.1) is 0 Å². The molecule has 2 N–H and O–H groups in total. The second-order valence-electron chi connectivity index (χ2n) is 4.90. The Labute approximate surface area is 138 Å². The molecule has 118 valence electrons. The highest BCUT2D eigenvalue weighted by atomic mass is 32.1. The summed E-state index contributed by atoms with van der Waals surface area (Å²) in [6, 6.07) is 6.12. The third kappa shape index (κ3) is 4.17. The maximum atomic E-state index is 4.35. The van der Waals surface area contributed by atoms with Crippen LogP contribution in [0.3, 0.4) is 0 Å². The van der Waals surface area contributed by atoms with E-state index in [1.54, 1.807) is 37.1 Å². The minimum absolute atomic E-state index is 0.674. The van der Waals surface area contributed by atoms with Crippen LogP contribution < -0.4 is 10.6 Å². The van der Waals surface area contributed by atoms with Crippen LogP contribution in [0.15, 0.2) is 58.9 Å². The molecule has 0 aliphatic heterocycles. The first kappa shape index (κ1) is 15.2. The summed E-state index contributed by atoms with van der Waals surface area (Å²) in [7, 11) is 1.77. The topological polar surface area (TPSA) is 67.1 Å². The van der Waals surface area contributed by atoms with Crippen molar-refractivity contribution in [2.24, 2.45) is 4.99 Å². The van der Waals surface area contributed by atoms with Crippen LogP contribution in [-0.4, -0.2) is 27.5 Å². The number of thiophene rings is 1. The number of nitrogens with one attached hydrogen (secondary N) is 2. The van der Waals surface area contributed by atoms with Crippen LogP contribution in [0.4, 0.5) is 0 Å². The van der Waals surface area contributed by atoms with E-state index in [2.05, 4.69) is 42.4 Å². The monoisotopic (exact) mass is 326 g/mol. The van der Waals surface area contributed by atoms with Gasteiger partial charge in [-0.25, -0.2) is 9.97 Å². The van der Waals surface area contributed by atoms with Crippen LogP contribution in [0.2, 0.25) is 0 Å². The Morgan fingerprint density at radius 3 is 2.78 bits per heavy atom. The summed E-state index contributed by atoms with van der Waals surface area (Å²) >= 11 is 1.69. The summed E-state index contributed by atoms with van der Waals surface area (Å²) in [6.45, 7) is 1.44. The molecule has 0 saturated carbocycles. The number of imidazole rings is 1. The van der Waals surface area contributed by atoms with Gasteiger partial charge in [0.1, 0.15) is 12.1 Å². The first-order valence-electron chi connectivity index (χ1n) is 7.24. The van der Waals surface area contributed by atoms with E-state index in [9.17, 15) is 0 Å². The van der Waals surface area contributed by atoms with Gasteiger partial charge in [0.2, 0.25) is 0 Å². The Bertz CT molecular complexity index is 749. The molecule has 0 amide bonds. The molecule has 0 aromatic carbocycles. The molecule has 3 aromatic heterocycles. The van der Waals surface area contributed by atoms with E-state index in [1.165, 1.54) is 5.56 Å². The fraction of sp³-hybridized carbons (Fsp3) is 0.188. The van der Waals surface area contributed by atoms with Crippen LogP contribution in [0.5, 0.6) is 0 Å². The highest BCUT2D eigenvalue weighted by molar-refractivity contribution is 7.07. The van der Waals surface area contributed by atoms with E-state index >= 15 is 0 Å². The molecule has 0 aliphatic rings. The number of nitrogens with zero attached hydrogens (tertiary/aromatic N) is 4. The smallest absolute Gasteiger partial charge is 0.191 e. The van der Waals surface area contributed by atoms with Gasteiger partial charge >= 0.3 is 0 Å². The van der Waals surface area contributed by atoms with Crippen LogP contribution >= 0.6 is 11.3 Å². The van der Waals surface area contributed by atoms with Crippen LogP contribution in [0.25, 0.3) is 5.82 Å². The van der Waals surface area contributed by atoms with Gasteiger partial charge in [0.15, 0.2) is 5.96 Å². The molecule has 3 heterocycles. The number of guanidine groups is 1. The second-order valence-corrected chi connectivity index (χ2v) is 5.68. The van der Waals surface area contributed by atoms with Gasteiger partial charge in [0, 0.05) is 38.7 Å². The van der Waals surface area contributed by atoms with E-state index in [4.69, 9.17) is 0 Å². The highest BCUT2D eigenvalue weighted by Gasteiger charge is 2.02. The van der Waals surface area contributed by atoms with Gasteiger partial charge < -0.3 is 10.6 Å². The van der Waals surface area contributed by atoms with Crippen molar-refractivity contribution < 1.29 is 0 Å². The van der Waals surface area contributed by atoms with Crippen molar-refractivity contribution in [3.63, 3.8) is 0 Å². The highest BCUT2D eigenvalue weighted by Crippen LogP contribution is 2.07. The number of pyridine rings is 1. The molecule has 6 nitrogen and oxygen atoms in total. The molecule has 0 spiro atoms. The van der Waals surface area contributed by atoms with Gasteiger partial charge in [0.05, 0.1) is 0 Å². The summed E-state index contributed by atoms with van der Waals surface area (Å²) in [4.78, 5) is 12.6. The first-order chi connectivity index (χ1) is 11.3. The number of rotatable bonds is 5. The minimum Gasteiger partial charge on any atom is -0.352 e. The number of hydrogen-bond acceptors (Lipinski definition) is 4. The summed E-state index contributed by atoms with van der Waals surface area (Å²) in [5.41, 5.74) is 2.38. The predicted molar refractivity (Wildman–Crippen MR) is 92.7 cm³/mol. The van der Waals surface area contributed by atoms with E-state index in [-0.39, 0.29) is 0 Å². The van der Waals surface area contributed by atoms with E-state index in [0.717, 1.165) is 23.9 Å². The molecular weight excluding hydrogens is 308 g/mol. The van der Waals surface area contributed by atoms with Crippen LogP contribution in [0, 0.1) is 0 Å². The predicted octanol–water partition coefficient (Wildman–Crippen LogP) is 2.19. The zero-order valence-corrected chi connectivity index (χ0v) is 13.6. The lowest BCUT2D eigenvalue weighted by Gasteiger charge is -2.12. The Hall–Kier alpha value is -2.67. The molecule has 0 fully saturated rings. The maximum Gasteiger partial charge on any atom is 0.191 e. The first-order valence-corrected chi connectivity index (χ1v) is 8.18. The molecule has 0 bridgehead atoms. The lowest BCUT2D eigenvalue weighted by Crippen LogP contribution is -2.36. The maximum absolute atomic E-state index is 4.35. The third-order valence-electron chi connectivity index (χ3n) is 3.30. The Balaban J connectivity index is 1.57. The van der Waals surface area contributed by atoms with Crippen LogP contribution in [-0.2, 0) is 13.1 Å². The molecule has 23 heavy (non-hydrogen) atoms. The molecule has 0 unspecified atom stereocenters. The average Bonchev–Trinajstić information content (AvgIpc) is 3.29. The molecule has 0 saturated heterocycles. The normalized spacial score (nSPS) is 11.4. The fourth-order valence-electron chi connectivity index (χ4n) is 2.09. The second kappa shape index (κ2) is 7.55. The van der Waals surface area contributed by atoms with E-state index < -0.39 is 0 Å². The van der Waals surface area contributed by atoms with Crippen molar-refractivity contribution in [1.29, 1.82) is 0 Å². The molecule has 3 aromatic rings. The lowest BCUT2D eigenvalue weighted by molar-refractivity contribution is 0.808. The average molecular weight is 326 g/mol. The van der Waals surface area contributed by atoms with Crippen molar-refractivity contribution in [2.45, 2.75) is 13.1 Å². The van der Waals surface area contributed by atoms with Crippen molar-refractivity contribution in [3.05, 3.63) is 65.0 Å². The quantitative estimate of drug-likeness (QED) is 0.557. The summed E-state index contributed by atoms with van der Waals surface area (Å²) in [6.07, 6.45) is 7.15. The standard InChI is InChI=1S/C16H18N6S/c1-17-16(21-10-14-3-7-23-11-14)20-9-13-2-4-19-15(8-13)22-6-5-18-12-22/h2-8,11-12H,9-10H2,1H3,(H2,17,20,21). The van der Waals surface area contributed by atoms with Gasteiger partial charge in [-0.2, -0.15) is 11.3 Å². The van der Waals surface area contributed by atoms with E-state index in [0.29, 0.717) is 6.54 Å². The van der Waals surface area contributed by atoms with Crippen molar-refractivity contribution in [3.8, 4) is 5.82 Å².